The first kappa shape index (κ1) is 16.0. The molecule has 23 heavy (non-hydrogen) atoms. The predicted molar refractivity (Wildman–Crippen MR) is 89.4 cm³/mol. The molecule has 0 radical (unpaired) electrons. The molecule has 0 unspecified atom stereocenters. The number of likely N-dealkylation sites (tertiary alicyclic amines) is 1. The van der Waals surface area contributed by atoms with E-state index in [1.54, 1.807) is 11.8 Å². The number of aromatic nitrogens is 2. The molecule has 1 N–H and O–H groups in total. The summed E-state index contributed by atoms with van der Waals surface area (Å²) in [6, 6.07) is 10.1. The molecule has 2 atom stereocenters. The van der Waals surface area contributed by atoms with Gasteiger partial charge in [0.2, 0.25) is 5.88 Å². The van der Waals surface area contributed by atoms with E-state index in [0.29, 0.717) is 6.54 Å². The Morgan fingerprint density at radius 2 is 2.09 bits per heavy atom. The van der Waals surface area contributed by atoms with Crippen molar-refractivity contribution in [1.82, 2.24) is 14.7 Å². The quantitative estimate of drug-likeness (QED) is 0.921. The number of rotatable bonds is 5. The van der Waals surface area contributed by atoms with E-state index in [9.17, 15) is 5.11 Å². The molecule has 5 heteroatoms. The van der Waals surface area contributed by atoms with Crippen molar-refractivity contribution < 1.29 is 9.84 Å². The molecule has 0 amide bonds. The minimum absolute atomic E-state index is 0.261. The first-order chi connectivity index (χ1) is 11.1. The van der Waals surface area contributed by atoms with E-state index in [2.05, 4.69) is 10.00 Å². The molecule has 1 fully saturated rings. The Balaban J connectivity index is 1.81. The van der Waals surface area contributed by atoms with E-state index in [1.165, 1.54) is 0 Å². The number of ether oxygens (including phenoxy) is 1. The van der Waals surface area contributed by atoms with Gasteiger partial charge in [-0.05, 0) is 31.9 Å². The highest BCUT2D eigenvalue weighted by atomic mass is 16.5. The number of aryl methyl sites for hydroxylation is 2. The number of aliphatic hydroxyl groups excluding tert-OH is 1. The smallest absolute Gasteiger partial charge is 0.216 e. The summed E-state index contributed by atoms with van der Waals surface area (Å²) in [5, 5.41) is 15.1. The van der Waals surface area contributed by atoms with Crippen molar-refractivity contribution in [3.63, 3.8) is 0 Å². The van der Waals surface area contributed by atoms with Crippen molar-refractivity contribution in [2.45, 2.75) is 31.9 Å². The zero-order chi connectivity index (χ0) is 16.4. The highest BCUT2D eigenvalue weighted by Gasteiger charge is 2.33. The summed E-state index contributed by atoms with van der Waals surface area (Å²) in [5.41, 5.74) is 3.14. The van der Waals surface area contributed by atoms with Crippen molar-refractivity contribution >= 4 is 0 Å². The SMILES string of the molecule is COc1c([C@@H]2CCCN2C[C@@H](O)c2ccccc2)c(C)nn1C. The fourth-order valence-corrected chi connectivity index (χ4v) is 3.65. The lowest BCUT2D eigenvalue weighted by molar-refractivity contribution is 0.105. The summed E-state index contributed by atoms with van der Waals surface area (Å²) in [4.78, 5) is 2.35. The maximum atomic E-state index is 10.6. The first-order valence-electron chi connectivity index (χ1n) is 8.16. The maximum absolute atomic E-state index is 10.6. The highest BCUT2D eigenvalue weighted by molar-refractivity contribution is 5.35. The molecule has 0 spiro atoms. The van der Waals surface area contributed by atoms with Crippen LogP contribution in [0, 0.1) is 6.92 Å². The van der Waals surface area contributed by atoms with E-state index in [4.69, 9.17) is 4.74 Å². The van der Waals surface area contributed by atoms with Gasteiger partial charge in [0, 0.05) is 19.6 Å². The number of nitrogens with zero attached hydrogens (tertiary/aromatic N) is 3. The molecule has 1 aromatic heterocycles. The minimum Gasteiger partial charge on any atom is -0.481 e. The Bertz CT molecular complexity index is 654. The number of aliphatic hydroxyl groups is 1. The largest absolute Gasteiger partial charge is 0.481 e. The van der Waals surface area contributed by atoms with Crippen LogP contribution in [0.3, 0.4) is 0 Å². The van der Waals surface area contributed by atoms with Gasteiger partial charge in [0.1, 0.15) is 0 Å². The lowest BCUT2D eigenvalue weighted by Gasteiger charge is -2.27. The Morgan fingerprint density at radius 3 is 2.78 bits per heavy atom. The van der Waals surface area contributed by atoms with E-state index >= 15 is 0 Å². The molecule has 3 rings (SSSR count). The highest BCUT2D eigenvalue weighted by Crippen LogP contribution is 2.39. The lowest BCUT2D eigenvalue weighted by Crippen LogP contribution is -2.28. The van der Waals surface area contributed by atoms with Gasteiger partial charge in [-0.3, -0.25) is 4.90 Å². The van der Waals surface area contributed by atoms with Crippen LogP contribution in [-0.2, 0) is 7.05 Å². The van der Waals surface area contributed by atoms with Gasteiger partial charge in [0.05, 0.1) is 24.5 Å². The van der Waals surface area contributed by atoms with Gasteiger partial charge in [0.25, 0.3) is 0 Å². The minimum atomic E-state index is -0.472. The Morgan fingerprint density at radius 1 is 1.35 bits per heavy atom. The second-order valence-electron chi connectivity index (χ2n) is 6.21. The summed E-state index contributed by atoms with van der Waals surface area (Å²) in [7, 11) is 3.60. The van der Waals surface area contributed by atoms with Gasteiger partial charge in [0.15, 0.2) is 0 Å². The van der Waals surface area contributed by atoms with Crippen LogP contribution in [0.1, 0.15) is 41.8 Å². The average Bonchev–Trinajstić information content (AvgIpc) is 3.11. The van der Waals surface area contributed by atoms with Gasteiger partial charge < -0.3 is 9.84 Å². The van der Waals surface area contributed by atoms with Crippen LogP contribution < -0.4 is 4.74 Å². The summed E-state index contributed by atoms with van der Waals surface area (Å²) >= 11 is 0. The normalized spacial score (nSPS) is 19.9. The monoisotopic (exact) mass is 315 g/mol. The number of benzene rings is 1. The third-order valence-electron chi connectivity index (χ3n) is 4.70. The summed E-state index contributed by atoms with van der Waals surface area (Å²) < 4.78 is 7.36. The van der Waals surface area contributed by atoms with Gasteiger partial charge >= 0.3 is 0 Å². The standard InChI is InChI=1S/C18H25N3O2/c1-13-17(18(23-3)20(2)19-13)15-10-7-11-21(15)12-16(22)14-8-5-4-6-9-14/h4-6,8-9,15-16,22H,7,10-12H2,1-3H3/t15-,16+/m0/s1. The van der Waals surface area contributed by atoms with Crippen LogP contribution in [-0.4, -0.2) is 40.0 Å². The third-order valence-corrected chi connectivity index (χ3v) is 4.70. The fraction of sp³-hybridized carbons (Fsp3) is 0.500. The van der Waals surface area contributed by atoms with Gasteiger partial charge in [-0.2, -0.15) is 5.10 Å². The molecule has 0 bridgehead atoms. The van der Waals surface area contributed by atoms with Crippen LogP contribution in [0.5, 0.6) is 5.88 Å². The Hall–Kier alpha value is -1.85. The Kier molecular flexibility index (Phi) is 4.68. The van der Waals surface area contributed by atoms with Crippen molar-refractivity contribution in [2.75, 3.05) is 20.2 Å². The number of methoxy groups -OCH3 is 1. The number of hydrogen-bond acceptors (Lipinski definition) is 4. The number of hydrogen-bond donors (Lipinski definition) is 1. The molecular weight excluding hydrogens is 290 g/mol. The molecule has 0 saturated carbocycles. The van der Waals surface area contributed by atoms with E-state index in [1.807, 2.05) is 44.3 Å². The third kappa shape index (κ3) is 3.12. The zero-order valence-electron chi connectivity index (χ0n) is 14.1. The van der Waals surface area contributed by atoms with E-state index < -0.39 is 6.10 Å². The molecule has 5 nitrogen and oxygen atoms in total. The van der Waals surface area contributed by atoms with Gasteiger partial charge in [-0.1, -0.05) is 30.3 Å². The Labute approximate surface area is 137 Å². The second-order valence-corrected chi connectivity index (χ2v) is 6.21. The summed E-state index contributed by atoms with van der Waals surface area (Å²) in [5.74, 6) is 0.827. The van der Waals surface area contributed by atoms with Crippen molar-refractivity contribution in [1.29, 1.82) is 0 Å². The molecule has 0 aliphatic carbocycles. The molecule has 1 aliphatic heterocycles. The van der Waals surface area contributed by atoms with Crippen molar-refractivity contribution in [3.05, 3.63) is 47.2 Å². The summed E-state index contributed by atoms with van der Waals surface area (Å²) in [6.45, 7) is 3.65. The molecule has 1 saturated heterocycles. The van der Waals surface area contributed by atoms with Crippen LogP contribution >= 0.6 is 0 Å². The maximum Gasteiger partial charge on any atom is 0.216 e. The predicted octanol–water partition coefficient (Wildman–Crippen LogP) is 2.61. The van der Waals surface area contributed by atoms with Gasteiger partial charge in [-0.15, -0.1) is 0 Å². The summed E-state index contributed by atoms with van der Waals surface area (Å²) in [6.07, 6.45) is 1.73. The van der Waals surface area contributed by atoms with Crippen molar-refractivity contribution in [2.24, 2.45) is 7.05 Å². The molecule has 2 heterocycles. The van der Waals surface area contributed by atoms with Crippen LogP contribution in [0.2, 0.25) is 0 Å². The molecule has 1 aliphatic rings. The second kappa shape index (κ2) is 6.72. The molecular formula is C18H25N3O2. The topological polar surface area (TPSA) is 50.5 Å². The number of β-amino-alcohol motifs (C(OH)–C–C–N with tert-alkyl or cyclic N) is 1. The fourth-order valence-electron chi connectivity index (χ4n) is 3.65. The molecule has 1 aromatic carbocycles. The van der Waals surface area contributed by atoms with Crippen LogP contribution in [0.25, 0.3) is 0 Å². The molecule has 2 aromatic rings. The van der Waals surface area contributed by atoms with Crippen LogP contribution in [0.4, 0.5) is 0 Å². The molecule has 124 valence electrons. The average molecular weight is 315 g/mol. The van der Waals surface area contributed by atoms with E-state index in [-0.39, 0.29) is 6.04 Å². The van der Waals surface area contributed by atoms with Crippen molar-refractivity contribution in [3.8, 4) is 5.88 Å². The zero-order valence-corrected chi connectivity index (χ0v) is 14.1. The lowest BCUT2D eigenvalue weighted by atomic mass is 10.0. The van der Waals surface area contributed by atoms with Gasteiger partial charge in [-0.25, -0.2) is 4.68 Å². The first-order valence-corrected chi connectivity index (χ1v) is 8.16. The van der Waals surface area contributed by atoms with E-state index in [0.717, 1.165) is 42.1 Å². The van der Waals surface area contributed by atoms with Crippen LogP contribution in [0.15, 0.2) is 30.3 Å².